The van der Waals surface area contributed by atoms with Gasteiger partial charge in [-0.2, -0.15) is 0 Å². The van der Waals surface area contributed by atoms with Gasteiger partial charge in [0.05, 0.1) is 10.0 Å². The first-order valence-corrected chi connectivity index (χ1v) is 8.16. The van der Waals surface area contributed by atoms with Crippen molar-refractivity contribution in [2.45, 2.75) is 12.6 Å². The summed E-state index contributed by atoms with van der Waals surface area (Å²) in [6.45, 7) is 1.31. The molecule has 5 heteroatoms. The van der Waals surface area contributed by atoms with Gasteiger partial charge in [0, 0.05) is 23.6 Å². The molecule has 21 heavy (non-hydrogen) atoms. The smallest absolute Gasteiger partial charge is 0.0595 e. The summed E-state index contributed by atoms with van der Waals surface area (Å²) in [4.78, 5) is 2.21. The molecule has 0 bridgehead atoms. The molecule has 1 unspecified atom stereocenters. The molecule has 2 aromatic rings. The van der Waals surface area contributed by atoms with Crippen molar-refractivity contribution in [3.63, 3.8) is 0 Å². The molecule has 0 aromatic heterocycles. The molecular weight excluding hydrogens is 371 g/mol. The Morgan fingerprint density at radius 3 is 2.48 bits per heavy atom. The number of hydrogen-bond acceptors (Lipinski definition) is 2. The fourth-order valence-corrected chi connectivity index (χ4v) is 3.01. The van der Waals surface area contributed by atoms with Gasteiger partial charge in [0.25, 0.3) is 0 Å². The van der Waals surface area contributed by atoms with Crippen LogP contribution in [0.15, 0.2) is 46.9 Å². The van der Waals surface area contributed by atoms with E-state index >= 15 is 0 Å². The molecule has 0 aliphatic heterocycles. The fraction of sp³-hybridized carbons (Fsp3) is 0.250. The number of nitrogens with zero attached hydrogens (tertiary/aromatic N) is 1. The van der Waals surface area contributed by atoms with Crippen LogP contribution >= 0.6 is 39.1 Å². The second-order valence-electron chi connectivity index (χ2n) is 4.93. The molecule has 0 saturated heterocycles. The lowest BCUT2D eigenvalue weighted by Gasteiger charge is -2.28. The molecule has 0 fully saturated rings. The van der Waals surface area contributed by atoms with Crippen LogP contribution in [0, 0.1) is 0 Å². The third-order valence-corrected chi connectivity index (χ3v) is 4.97. The van der Waals surface area contributed by atoms with Gasteiger partial charge in [-0.15, -0.1) is 0 Å². The number of benzene rings is 2. The second-order valence-corrected chi connectivity index (χ2v) is 6.60. The molecule has 0 saturated carbocycles. The van der Waals surface area contributed by atoms with Crippen molar-refractivity contribution >= 4 is 39.1 Å². The van der Waals surface area contributed by atoms with Gasteiger partial charge in [-0.1, -0.05) is 63.4 Å². The highest BCUT2D eigenvalue weighted by atomic mass is 79.9. The van der Waals surface area contributed by atoms with Crippen LogP contribution in [0.1, 0.15) is 17.2 Å². The van der Waals surface area contributed by atoms with E-state index < -0.39 is 0 Å². The largest absolute Gasteiger partial charge is 0.329 e. The van der Waals surface area contributed by atoms with Crippen molar-refractivity contribution in [2.75, 3.05) is 13.6 Å². The average Bonchev–Trinajstić information content (AvgIpc) is 2.46. The van der Waals surface area contributed by atoms with Crippen molar-refractivity contribution in [3.05, 3.63) is 68.1 Å². The minimum atomic E-state index is 0.0897. The maximum Gasteiger partial charge on any atom is 0.0595 e. The zero-order valence-electron chi connectivity index (χ0n) is 11.7. The minimum absolute atomic E-state index is 0.0897. The second kappa shape index (κ2) is 7.61. The summed E-state index contributed by atoms with van der Waals surface area (Å²) in [5.41, 5.74) is 8.25. The van der Waals surface area contributed by atoms with E-state index in [1.54, 1.807) is 0 Å². The van der Waals surface area contributed by atoms with Gasteiger partial charge in [-0.3, -0.25) is 4.90 Å². The predicted octanol–water partition coefficient (Wildman–Crippen LogP) is 4.89. The number of rotatable bonds is 5. The van der Waals surface area contributed by atoms with E-state index in [9.17, 15) is 0 Å². The Morgan fingerprint density at radius 2 is 1.86 bits per heavy atom. The van der Waals surface area contributed by atoms with Crippen molar-refractivity contribution in [3.8, 4) is 0 Å². The summed E-state index contributed by atoms with van der Waals surface area (Å²) < 4.78 is 1.10. The molecular formula is C16H17BrCl2N2. The Kier molecular flexibility index (Phi) is 6.08. The van der Waals surface area contributed by atoms with E-state index in [2.05, 4.69) is 33.9 Å². The normalized spacial score (nSPS) is 12.7. The summed E-state index contributed by atoms with van der Waals surface area (Å²) in [5.74, 6) is 0. The molecule has 0 aliphatic carbocycles. The lowest BCUT2D eigenvalue weighted by atomic mass is 10.0. The molecule has 0 radical (unpaired) electrons. The van der Waals surface area contributed by atoms with E-state index in [4.69, 9.17) is 28.9 Å². The topological polar surface area (TPSA) is 29.3 Å². The first-order chi connectivity index (χ1) is 10.0. The van der Waals surface area contributed by atoms with Crippen LogP contribution in [0.5, 0.6) is 0 Å². The molecule has 0 aliphatic rings. The summed E-state index contributed by atoms with van der Waals surface area (Å²) in [7, 11) is 2.06. The third-order valence-electron chi connectivity index (χ3n) is 3.46. The van der Waals surface area contributed by atoms with Crippen LogP contribution < -0.4 is 5.73 Å². The number of halogens is 3. The van der Waals surface area contributed by atoms with E-state index in [0.717, 1.165) is 16.6 Å². The monoisotopic (exact) mass is 386 g/mol. The van der Waals surface area contributed by atoms with Crippen LogP contribution in [-0.2, 0) is 6.54 Å². The molecule has 0 spiro atoms. The summed E-state index contributed by atoms with van der Waals surface area (Å²) in [5, 5.41) is 1.12. The molecule has 2 nitrogen and oxygen atoms in total. The summed E-state index contributed by atoms with van der Waals surface area (Å²) in [6, 6.07) is 13.9. The highest BCUT2D eigenvalue weighted by Gasteiger charge is 2.17. The minimum Gasteiger partial charge on any atom is -0.329 e. The lowest BCUT2D eigenvalue weighted by Crippen LogP contribution is -2.30. The molecule has 0 heterocycles. The van der Waals surface area contributed by atoms with Crippen LogP contribution in [0.3, 0.4) is 0 Å². The van der Waals surface area contributed by atoms with Crippen molar-refractivity contribution in [1.29, 1.82) is 0 Å². The van der Waals surface area contributed by atoms with Gasteiger partial charge in [0.2, 0.25) is 0 Å². The van der Waals surface area contributed by atoms with Gasteiger partial charge >= 0.3 is 0 Å². The van der Waals surface area contributed by atoms with Crippen LogP contribution in [0.2, 0.25) is 10.0 Å². The maximum absolute atomic E-state index is 6.11. The standard InChI is InChI=1S/C16H17BrCl2N2/c1-21(10-12-4-2-3-5-13(12)17)16(9-20)11-6-7-14(18)15(19)8-11/h2-8,16H,9-10,20H2,1H3. The number of hydrogen-bond donors (Lipinski definition) is 1. The zero-order valence-corrected chi connectivity index (χ0v) is 14.8. The Morgan fingerprint density at radius 1 is 1.14 bits per heavy atom. The van der Waals surface area contributed by atoms with Crippen molar-refractivity contribution < 1.29 is 0 Å². The molecule has 0 amide bonds. The highest BCUT2D eigenvalue weighted by molar-refractivity contribution is 9.10. The molecule has 2 N–H and O–H groups in total. The van der Waals surface area contributed by atoms with Gasteiger partial charge in [-0.25, -0.2) is 0 Å². The summed E-state index contributed by atoms with van der Waals surface area (Å²) in [6.07, 6.45) is 0. The molecule has 2 rings (SSSR count). The SMILES string of the molecule is CN(Cc1ccccc1Br)C(CN)c1ccc(Cl)c(Cl)c1. The lowest BCUT2D eigenvalue weighted by molar-refractivity contribution is 0.241. The maximum atomic E-state index is 6.11. The zero-order chi connectivity index (χ0) is 15.4. The Hall–Kier alpha value is -0.580. The van der Waals surface area contributed by atoms with Crippen LogP contribution in [0.25, 0.3) is 0 Å². The van der Waals surface area contributed by atoms with Crippen LogP contribution in [0.4, 0.5) is 0 Å². The Balaban J connectivity index is 2.20. The fourth-order valence-electron chi connectivity index (χ4n) is 2.30. The van der Waals surface area contributed by atoms with Gasteiger partial charge in [0.15, 0.2) is 0 Å². The van der Waals surface area contributed by atoms with Gasteiger partial charge in [-0.05, 0) is 36.4 Å². The van der Waals surface area contributed by atoms with Gasteiger partial charge < -0.3 is 5.73 Å². The average molecular weight is 388 g/mol. The highest BCUT2D eigenvalue weighted by Crippen LogP contribution is 2.29. The first kappa shape index (κ1) is 16.8. The van der Waals surface area contributed by atoms with E-state index in [0.29, 0.717) is 16.6 Å². The molecule has 2 aromatic carbocycles. The van der Waals surface area contributed by atoms with Crippen molar-refractivity contribution in [1.82, 2.24) is 4.90 Å². The van der Waals surface area contributed by atoms with E-state index in [1.165, 1.54) is 5.56 Å². The molecule has 1 atom stereocenters. The predicted molar refractivity (Wildman–Crippen MR) is 93.9 cm³/mol. The summed E-state index contributed by atoms with van der Waals surface area (Å²) >= 11 is 15.7. The van der Waals surface area contributed by atoms with Gasteiger partial charge in [0.1, 0.15) is 0 Å². The van der Waals surface area contributed by atoms with Crippen LogP contribution in [-0.4, -0.2) is 18.5 Å². The first-order valence-electron chi connectivity index (χ1n) is 6.61. The molecule has 112 valence electrons. The van der Waals surface area contributed by atoms with E-state index in [-0.39, 0.29) is 6.04 Å². The Bertz CT molecular complexity index is 619. The third kappa shape index (κ3) is 4.21. The Labute approximate surface area is 144 Å². The van der Waals surface area contributed by atoms with E-state index in [1.807, 2.05) is 36.4 Å². The number of nitrogens with two attached hydrogens (primary N) is 1. The number of likely N-dealkylation sites (N-methyl/N-ethyl adjacent to an activating group) is 1. The quantitative estimate of drug-likeness (QED) is 0.791. The van der Waals surface area contributed by atoms with Crippen molar-refractivity contribution in [2.24, 2.45) is 5.73 Å².